The number of hydrogen-bond acceptors (Lipinski definition) is 1. The van der Waals surface area contributed by atoms with Crippen LogP contribution in [0.25, 0.3) is 0 Å². The van der Waals surface area contributed by atoms with Gasteiger partial charge in [0.05, 0.1) is 0 Å². The number of aryl methyl sites for hydroxylation is 2. The zero-order valence-electron chi connectivity index (χ0n) is 12.1. The summed E-state index contributed by atoms with van der Waals surface area (Å²) in [7, 11) is 0. The molecule has 0 aromatic heterocycles. The van der Waals surface area contributed by atoms with E-state index in [0.717, 1.165) is 31.5 Å². The van der Waals surface area contributed by atoms with Gasteiger partial charge in [-0.05, 0) is 57.2 Å². The summed E-state index contributed by atoms with van der Waals surface area (Å²) in [6.45, 7) is 6.94. The molecule has 1 aromatic rings. The minimum atomic E-state index is 0.157. The van der Waals surface area contributed by atoms with Crippen molar-refractivity contribution in [2.45, 2.75) is 40.0 Å². The molecule has 0 fully saturated rings. The van der Waals surface area contributed by atoms with E-state index in [1.165, 1.54) is 11.1 Å². The lowest BCUT2D eigenvalue weighted by molar-refractivity contribution is -0.122. The van der Waals surface area contributed by atoms with Gasteiger partial charge in [-0.2, -0.15) is 0 Å². The van der Waals surface area contributed by atoms with Crippen LogP contribution in [0.2, 0.25) is 0 Å². The molecule has 0 aliphatic heterocycles. The van der Waals surface area contributed by atoms with Crippen LogP contribution in [0.1, 0.15) is 37.3 Å². The Morgan fingerprint density at radius 2 is 2.11 bits per heavy atom. The molecule has 102 valence electrons. The van der Waals surface area contributed by atoms with Crippen LogP contribution in [0.15, 0.2) is 30.4 Å². The SMILES string of the molecule is CCN(C(=O)C1CC=CCC1)c1cc(C)ccc1C. The van der Waals surface area contributed by atoms with Crippen LogP contribution in [-0.2, 0) is 4.79 Å². The zero-order chi connectivity index (χ0) is 13.8. The van der Waals surface area contributed by atoms with Gasteiger partial charge in [0, 0.05) is 18.2 Å². The normalized spacial score (nSPS) is 18.4. The standard InChI is InChI=1S/C17H23NO/c1-4-18(16-12-13(2)10-11-14(16)3)17(19)15-8-6-5-7-9-15/h5-6,10-12,15H,4,7-9H2,1-3H3. The van der Waals surface area contributed by atoms with Gasteiger partial charge in [-0.3, -0.25) is 4.79 Å². The number of hydrogen-bond donors (Lipinski definition) is 0. The van der Waals surface area contributed by atoms with Crippen LogP contribution < -0.4 is 4.90 Å². The quantitative estimate of drug-likeness (QED) is 0.749. The van der Waals surface area contributed by atoms with Crippen molar-refractivity contribution in [1.29, 1.82) is 0 Å². The second-order valence-electron chi connectivity index (χ2n) is 5.35. The molecular formula is C17H23NO. The van der Waals surface area contributed by atoms with Gasteiger partial charge in [0.25, 0.3) is 0 Å². The van der Waals surface area contributed by atoms with Crippen LogP contribution in [0, 0.1) is 19.8 Å². The summed E-state index contributed by atoms with van der Waals surface area (Å²) in [6.07, 6.45) is 7.22. The van der Waals surface area contributed by atoms with E-state index in [-0.39, 0.29) is 11.8 Å². The highest BCUT2D eigenvalue weighted by molar-refractivity contribution is 5.96. The molecule has 0 saturated carbocycles. The number of allylic oxidation sites excluding steroid dienone is 2. The summed E-state index contributed by atoms with van der Waals surface area (Å²) in [5, 5.41) is 0. The van der Waals surface area contributed by atoms with E-state index >= 15 is 0 Å². The predicted molar refractivity (Wildman–Crippen MR) is 80.4 cm³/mol. The van der Waals surface area contributed by atoms with Crippen molar-refractivity contribution in [3.8, 4) is 0 Å². The maximum Gasteiger partial charge on any atom is 0.230 e. The molecule has 2 heteroatoms. The summed E-state index contributed by atoms with van der Waals surface area (Å²) in [5.74, 6) is 0.436. The summed E-state index contributed by atoms with van der Waals surface area (Å²) in [6, 6.07) is 6.32. The third-order valence-corrected chi connectivity index (χ3v) is 3.86. The maximum atomic E-state index is 12.7. The van der Waals surface area contributed by atoms with Gasteiger partial charge in [-0.1, -0.05) is 24.3 Å². The first-order valence-corrected chi connectivity index (χ1v) is 7.17. The van der Waals surface area contributed by atoms with Gasteiger partial charge in [0.15, 0.2) is 0 Å². The number of amides is 1. The van der Waals surface area contributed by atoms with Gasteiger partial charge < -0.3 is 4.90 Å². The Morgan fingerprint density at radius 3 is 2.74 bits per heavy atom. The van der Waals surface area contributed by atoms with Crippen molar-refractivity contribution in [3.63, 3.8) is 0 Å². The Kier molecular flexibility index (Phi) is 4.41. The smallest absolute Gasteiger partial charge is 0.230 e. The van der Waals surface area contributed by atoms with Crippen molar-refractivity contribution in [3.05, 3.63) is 41.5 Å². The van der Waals surface area contributed by atoms with Crippen LogP contribution in [0.3, 0.4) is 0 Å². The predicted octanol–water partition coefficient (Wildman–Crippen LogP) is 4.01. The molecule has 0 N–H and O–H groups in total. The van der Waals surface area contributed by atoms with Gasteiger partial charge in [0.2, 0.25) is 5.91 Å². The first-order valence-electron chi connectivity index (χ1n) is 7.17. The van der Waals surface area contributed by atoms with E-state index in [1.807, 2.05) is 4.90 Å². The van der Waals surface area contributed by atoms with Crippen LogP contribution in [0.5, 0.6) is 0 Å². The van der Waals surface area contributed by atoms with E-state index in [4.69, 9.17) is 0 Å². The first kappa shape index (κ1) is 13.9. The van der Waals surface area contributed by atoms with Crippen molar-refractivity contribution in [1.82, 2.24) is 0 Å². The molecule has 0 bridgehead atoms. The monoisotopic (exact) mass is 257 g/mol. The highest BCUT2D eigenvalue weighted by Gasteiger charge is 2.25. The molecular weight excluding hydrogens is 234 g/mol. The van der Waals surface area contributed by atoms with Gasteiger partial charge in [0.1, 0.15) is 0 Å². The molecule has 0 radical (unpaired) electrons. The van der Waals surface area contributed by atoms with Crippen LogP contribution in [-0.4, -0.2) is 12.5 Å². The summed E-state index contributed by atoms with van der Waals surface area (Å²) < 4.78 is 0. The second-order valence-corrected chi connectivity index (χ2v) is 5.35. The molecule has 1 aliphatic rings. The lowest BCUT2D eigenvalue weighted by Crippen LogP contribution is -2.37. The third-order valence-electron chi connectivity index (χ3n) is 3.86. The fraction of sp³-hybridized carbons (Fsp3) is 0.471. The first-order chi connectivity index (χ1) is 9.13. The van der Waals surface area contributed by atoms with Crippen molar-refractivity contribution in [2.75, 3.05) is 11.4 Å². The molecule has 2 nitrogen and oxygen atoms in total. The average Bonchev–Trinajstić information content (AvgIpc) is 2.44. The van der Waals surface area contributed by atoms with Crippen LogP contribution >= 0.6 is 0 Å². The molecule has 0 saturated heterocycles. The molecule has 1 amide bonds. The molecule has 2 rings (SSSR count). The van der Waals surface area contributed by atoms with E-state index in [1.54, 1.807) is 0 Å². The molecule has 1 unspecified atom stereocenters. The number of nitrogens with zero attached hydrogens (tertiary/aromatic N) is 1. The molecule has 1 aliphatic carbocycles. The fourth-order valence-electron chi connectivity index (χ4n) is 2.69. The van der Waals surface area contributed by atoms with Gasteiger partial charge >= 0.3 is 0 Å². The Hall–Kier alpha value is -1.57. The number of carbonyl (C=O) groups excluding carboxylic acids is 1. The minimum Gasteiger partial charge on any atom is -0.312 e. The zero-order valence-corrected chi connectivity index (χ0v) is 12.1. The lowest BCUT2D eigenvalue weighted by atomic mass is 9.92. The van der Waals surface area contributed by atoms with E-state index in [9.17, 15) is 4.79 Å². The second kappa shape index (κ2) is 6.05. The average molecular weight is 257 g/mol. The molecule has 19 heavy (non-hydrogen) atoms. The molecule has 1 aromatic carbocycles. The van der Waals surface area contributed by atoms with Crippen molar-refractivity contribution >= 4 is 11.6 Å². The number of carbonyl (C=O) groups is 1. The topological polar surface area (TPSA) is 20.3 Å². The molecule has 0 heterocycles. The van der Waals surface area contributed by atoms with Gasteiger partial charge in [-0.25, -0.2) is 0 Å². The number of benzene rings is 1. The summed E-state index contributed by atoms with van der Waals surface area (Å²) in [5.41, 5.74) is 3.45. The Morgan fingerprint density at radius 1 is 1.32 bits per heavy atom. The lowest BCUT2D eigenvalue weighted by Gasteiger charge is -2.28. The fourth-order valence-corrected chi connectivity index (χ4v) is 2.69. The van der Waals surface area contributed by atoms with Crippen molar-refractivity contribution < 1.29 is 4.79 Å². The minimum absolute atomic E-state index is 0.157. The summed E-state index contributed by atoms with van der Waals surface area (Å²) in [4.78, 5) is 14.6. The Balaban J connectivity index is 2.26. The molecule has 0 spiro atoms. The van der Waals surface area contributed by atoms with Crippen molar-refractivity contribution in [2.24, 2.45) is 5.92 Å². The molecule has 1 atom stereocenters. The Labute approximate surface area is 116 Å². The van der Waals surface area contributed by atoms with Gasteiger partial charge in [-0.15, -0.1) is 0 Å². The van der Waals surface area contributed by atoms with Crippen LogP contribution in [0.4, 0.5) is 5.69 Å². The maximum absolute atomic E-state index is 12.7. The number of rotatable bonds is 3. The highest BCUT2D eigenvalue weighted by atomic mass is 16.2. The van der Waals surface area contributed by atoms with E-state index in [0.29, 0.717) is 0 Å². The Bertz CT molecular complexity index is 490. The van der Waals surface area contributed by atoms with E-state index in [2.05, 4.69) is 51.1 Å². The third kappa shape index (κ3) is 3.06. The highest BCUT2D eigenvalue weighted by Crippen LogP contribution is 2.27. The summed E-state index contributed by atoms with van der Waals surface area (Å²) >= 11 is 0. The van der Waals surface area contributed by atoms with E-state index < -0.39 is 0 Å². The largest absolute Gasteiger partial charge is 0.312 e. The number of anilines is 1.